The van der Waals surface area contributed by atoms with Crippen LogP contribution in [0.1, 0.15) is 27.2 Å². The van der Waals surface area contributed by atoms with Crippen LogP contribution in [0.25, 0.3) is 0 Å². The van der Waals surface area contributed by atoms with Crippen molar-refractivity contribution in [2.24, 2.45) is 5.41 Å². The molecule has 0 heterocycles. The SMILES string of the molecule is CC(C)(C)CC(O)COCC(COCC(COCC(O)CO)OCC(O)COCC(O)CO)OCC(O)CO. The summed E-state index contributed by atoms with van der Waals surface area (Å²) in [7, 11) is 0. The van der Waals surface area contributed by atoms with E-state index < -0.39 is 62.5 Å². The first-order valence-electron chi connectivity index (χ1n) is 13.2. The van der Waals surface area contributed by atoms with Gasteiger partial charge in [0.15, 0.2) is 0 Å². The highest BCUT2D eigenvalue weighted by Crippen LogP contribution is 2.20. The summed E-state index contributed by atoms with van der Waals surface area (Å²) in [5.74, 6) is 0. The van der Waals surface area contributed by atoms with Gasteiger partial charge in [0.2, 0.25) is 0 Å². The molecular weight excluding hydrogens is 524 g/mol. The van der Waals surface area contributed by atoms with Gasteiger partial charge in [0.1, 0.15) is 36.6 Å². The van der Waals surface area contributed by atoms with Gasteiger partial charge >= 0.3 is 0 Å². The summed E-state index contributed by atoms with van der Waals surface area (Å²) in [6, 6.07) is 0. The van der Waals surface area contributed by atoms with E-state index in [2.05, 4.69) is 0 Å². The lowest BCUT2D eigenvalue weighted by atomic mass is 9.89. The molecule has 0 bridgehead atoms. The number of aliphatic hydroxyl groups is 8. The van der Waals surface area contributed by atoms with Crippen LogP contribution in [0.5, 0.6) is 0 Å². The van der Waals surface area contributed by atoms with Gasteiger partial charge in [-0.05, 0) is 11.8 Å². The van der Waals surface area contributed by atoms with Crippen molar-refractivity contribution < 1.29 is 69.3 Å². The first-order valence-corrected chi connectivity index (χ1v) is 13.2. The molecule has 14 nitrogen and oxygen atoms in total. The second-order valence-electron chi connectivity index (χ2n) is 10.6. The summed E-state index contributed by atoms with van der Waals surface area (Å²) in [6.45, 7) is 3.97. The molecule has 0 aromatic heterocycles. The molecule has 0 amide bonds. The molecule has 0 spiro atoms. The van der Waals surface area contributed by atoms with Crippen LogP contribution in [0, 0.1) is 5.41 Å². The fourth-order valence-electron chi connectivity index (χ4n) is 3.10. The lowest BCUT2D eigenvalue weighted by molar-refractivity contribution is -0.126. The molecule has 14 heteroatoms. The fraction of sp³-hybridized carbons (Fsp3) is 1.00. The minimum Gasteiger partial charge on any atom is -0.394 e. The molecule has 7 atom stereocenters. The van der Waals surface area contributed by atoms with Gasteiger partial charge in [-0.15, -0.1) is 0 Å². The van der Waals surface area contributed by atoms with E-state index >= 15 is 0 Å². The highest BCUT2D eigenvalue weighted by atomic mass is 16.6. The molecular formula is C25H52O14. The van der Waals surface area contributed by atoms with E-state index in [1.165, 1.54) is 0 Å². The summed E-state index contributed by atoms with van der Waals surface area (Å²) < 4.78 is 33.0. The van der Waals surface area contributed by atoms with Crippen LogP contribution < -0.4 is 0 Å². The number of hydrogen-bond donors (Lipinski definition) is 8. The molecule has 0 aromatic rings. The molecule has 0 aliphatic rings. The fourth-order valence-corrected chi connectivity index (χ4v) is 3.10. The summed E-state index contributed by atoms with van der Waals surface area (Å²) >= 11 is 0. The van der Waals surface area contributed by atoms with Crippen molar-refractivity contribution >= 4 is 0 Å². The summed E-state index contributed by atoms with van der Waals surface area (Å²) in [5, 5.41) is 75.4. The van der Waals surface area contributed by atoms with Gasteiger partial charge in [0.25, 0.3) is 0 Å². The zero-order chi connectivity index (χ0) is 29.7. The van der Waals surface area contributed by atoms with Gasteiger partial charge in [-0.3, -0.25) is 0 Å². The number of ether oxygens (including phenoxy) is 6. The van der Waals surface area contributed by atoms with E-state index in [9.17, 15) is 25.5 Å². The quantitative estimate of drug-likeness (QED) is 0.0516. The molecule has 236 valence electrons. The Balaban J connectivity index is 4.80. The maximum atomic E-state index is 10.2. The third kappa shape index (κ3) is 23.8. The topological polar surface area (TPSA) is 217 Å². The molecule has 39 heavy (non-hydrogen) atoms. The van der Waals surface area contributed by atoms with Crippen molar-refractivity contribution in [2.75, 3.05) is 85.9 Å². The van der Waals surface area contributed by atoms with Crippen molar-refractivity contribution in [3.05, 3.63) is 0 Å². The molecule has 0 aromatic carbocycles. The van der Waals surface area contributed by atoms with Crippen LogP contribution in [0.2, 0.25) is 0 Å². The highest BCUT2D eigenvalue weighted by Gasteiger charge is 2.20. The summed E-state index contributed by atoms with van der Waals surface area (Å²) in [5.41, 5.74) is -0.0717. The molecule has 7 unspecified atom stereocenters. The molecule has 0 rings (SSSR count). The predicted molar refractivity (Wildman–Crippen MR) is 138 cm³/mol. The summed E-state index contributed by atoms with van der Waals surface area (Å²) in [6.07, 6.45) is -5.68. The van der Waals surface area contributed by atoms with Gasteiger partial charge in [0, 0.05) is 0 Å². The second-order valence-corrected chi connectivity index (χ2v) is 10.6. The average Bonchev–Trinajstić information content (AvgIpc) is 2.87. The van der Waals surface area contributed by atoms with Crippen LogP contribution in [-0.4, -0.2) is 169 Å². The van der Waals surface area contributed by atoms with E-state index in [1.807, 2.05) is 20.8 Å². The largest absolute Gasteiger partial charge is 0.394 e. The van der Waals surface area contributed by atoms with Crippen LogP contribution in [0.3, 0.4) is 0 Å². The molecule has 0 aliphatic carbocycles. The van der Waals surface area contributed by atoms with Gasteiger partial charge in [-0.1, -0.05) is 20.8 Å². The minimum absolute atomic E-state index is 0.0113. The van der Waals surface area contributed by atoms with Crippen molar-refractivity contribution in [3.63, 3.8) is 0 Å². The lowest BCUT2D eigenvalue weighted by Crippen LogP contribution is -2.36. The van der Waals surface area contributed by atoms with Gasteiger partial charge in [0.05, 0.1) is 92.0 Å². The Morgan fingerprint density at radius 3 is 1.15 bits per heavy atom. The summed E-state index contributed by atoms with van der Waals surface area (Å²) in [4.78, 5) is 0. The van der Waals surface area contributed by atoms with Gasteiger partial charge < -0.3 is 69.3 Å². The normalized spacial score (nSPS) is 17.9. The van der Waals surface area contributed by atoms with Crippen molar-refractivity contribution in [1.29, 1.82) is 0 Å². The van der Waals surface area contributed by atoms with E-state index in [4.69, 9.17) is 43.7 Å². The molecule has 0 aliphatic heterocycles. The first kappa shape index (κ1) is 38.4. The van der Waals surface area contributed by atoms with E-state index in [0.29, 0.717) is 6.42 Å². The molecule has 0 saturated carbocycles. The van der Waals surface area contributed by atoms with E-state index in [0.717, 1.165) is 0 Å². The Labute approximate surface area is 231 Å². The predicted octanol–water partition coefficient (Wildman–Crippen LogP) is -2.96. The number of aliphatic hydroxyl groups excluding tert-OH is 8. The maximum absolute atomic E-state index is 10.2. The minimum atomic E-state index is -1.08. The monoisotopic (exact) mass is 576 g/mol. The van der Waals surface area contributed by atoms with Crippen molar-refractivity contribution in [2.45, 2.75) is 69.9 Å². The van der Waals surface area contributed by atoms with Gasteiger partial charge in [-0.25, -0.2) is 0 Å². The second kappa shape index (κ2) is 23.1. The van der Waals surface area contributed by atoms with Crippen LogP contribution in [0.15, 0.2) is 0 Å². The molecule has 0 fully saturated rings. The van der Waals surface area contributed by atoms with Crippen LogP contribution >= 0.6 is 0 Å². The third-order valence-corrected chi connectivity index (χ3v) is 4.98. The maximum Gasteiger partial charge on any atom is 0.104 e. The molecule has 0 radical (unpaired) electrons. The number of rotatable bonds is 26. The van der Waals surface area contributed by atoms with Gasteiger partial charge in [-0.2, -0.15) is 0 Å². The Kier molecular flexibility index (Phi) is 22.7. The Morgan fingerprint density at radius 2 is 0.744 bits per heavy atom. The third-order valence-electron chi connectivity index (χ3n) is 4.98. The zero-order valence-corrected chi connectivity index (χ0v) is 23.5. The van der Waals surface area contributed by atoms with Crippen molar-refractivity contribution in [3.8, 4) is 0 Å². The smallest absolute Gasteiger partial charge is 0.104 e. The van der Waals surface area contributed by atoms with E-state index in [-0.39, 0.29) is 71.5 Å². The Hall–Kier alpha value is -0.560. The zero-order valence-electron chi connectivity index (χ0n) is 23.5. The first-order chi connectivity index (χ1) is 18.4. The Morgan fingerprint density at radius 1 is 0.436 bits per heavy atom. The van der Waals surface area contributed by atoms with Crippen LogP contribution in [-0.2, 0) is 28.4 Å². The highest BCUT2D eigenvalue weighted by molar-refractivity contribution is 4.69. The lowest BCUT2D eigenvalue weighted by Gasteiger charge is -2.25. The molecule has 0 saturated heterocycles. The Bertz CT molecular complexity index is 549. The van der Waals surface area contributed by atoms with Crippen LogP contribution in [0.4, 0.5) is 0 Å². The number of hydrogen-bond acceptors (Lipinski definition) is 14. The van der Waals surface area contributed by atoms with Crippen molar-refractivity contribution in [1.82, 2.24) is 0 Å². The average molecular weight is 577 g/mol. The molecule has 8 N–H and O–H groups in total. The van der Waals surface area contributed by atoms with E-state index in [1.54, 1.807) is 0 Å². The standard InChI is InChI=1S/C25H52O14/c1-25(2,3)4-18(29)8-35-14-23(38-12-21(32)7-28)16-37-17-24(15-36-10-20(31)6-27)39-13-22(33)11-34-9-19(30)5-26/h18-24,26-33H,4-17H2,1-3H3.